The Morgan fingerprint density at radius 2 is 1.00 bits per heavy atom. The van der Waals surface area contributed by atoms with Gasteiger partial charge < -0.3 is 0 Å². The van der Waals surface area contributed by atoms with Crippen molar-refractivity contribution < 1.29 is 15.2 Å². The van der Waals surface area contributed by atoms with Crippen LogP contribution in [0.5, 0.6) is 0 Å². The molecule has 0 saturated heterocycles. The van der Waals surface area contributed by atoms with Gasteiger partial charge in [0, 0.05) is 6.42 Å². The van der Waals surface area contributed by atoms with Crippen molar-refractivity contribution >= 4 is 0 Å². The minimum Gasteiger partial charge on any atom is -0.182 e. The van der Waals surface area contributed by atoms with Crippen molar-refractivity contribution in [1.29, 1.82) is 0 Å². The molecule has 0 aliphatic rings. The van der Waals surface area contributed by atoms with Crippen molar-refractivity contribution in [3.63, 3.8) is 0 Å². The third-order valence-corrected chi connectivity index (χ3v) is 3.63. The summed E-state index contributed by atoms with van der Waals surface area (Å²) in [5.74, 6) is 0. The number of hydroxylamine groups is 4. The highest BCUT2D eigenvalue weighted by Gasteiger charge is 2.17. The zero-order chi connectivity index (χ0) is 13.7. The SMILES string of the molecule is CCCCCCCCCCCCC[N+](O)(O)CC. The second kappa shape index (κ2) is 11.9. The van der Waals surface area contributed by atoms with Crippen LogP contribution in [0.4, 0.5) is 0 Å². The van der Waals surface area contributed by atoms with Crippen molar-refractivity contribution in [3.05, 3.63) is 0 Å². The van der Waals surface area contributed by atoms with Gasteiger partial charge in [-0.3, -0.25) is 0 Å². The molecule has 0 atom stereocenters. The average Bonchev–Trinajstić information content (AvgIpc) is 2.36. The van der Waals surface area contributed by atoms with Crippen molar-refractivity contribution in [3.8, 4) is 0 Å². The van der Waals surface area contributed by atoms with Gasteiger partial charge in [0.2, 0.25) is 0 Å². The monoisotopic (exact) mass is 260 g/mol. The Morgan fingerprint density at radius 1 is 0.611 bits per heavy atom. The summed E-state index contributed by atoms with van der Waals surface area (Å²) in [6.45, 7) is 4.88. The summed E-state index contributed by atoms with van der Waals surface area (Å²) in [5, 5.41) is 18.7. The molecule has 3 nitrogen and oxygen atoms in total. The van der Waals surface area contributed by atoms with Gasteiger partial charge in [0.1, 0.15) is 13.1 Å². The Morgan fingerprint density at radius 3 is 1.39 bits per heavy atom. The minimum absolute atomic E-state index is 0.373. The molecule has 0 aromatic heterocycles. The maximum atomic E-state index is 9.36. The van der Waals surface area contributed by atoms with E-state index in [1.165, 1.54) is 57.8 Å². The summed E-state index contributed by atoms with van der Waals surface area (Å²) in [6, 6.07) is 0. The van der Waals surface area contributed by atoms with E-state index >= 15 is 0 Å². The molecule has 0 bridgehead atoms. The number of hydrogen-bond acceptors (Lipinski definition) is 2. The Bertz CT molecular complexity index is 172. The summed E-state index contributed by atoms with van der Waals surface area (Å²) in [7, 11) is 0. The number of unbranched alkanes of at least 4 members (excludes halogenated alkanes) is 10. The molecule has 110 valence electrons. The van der Waals surface area contributed by atoms with Gasteiger partial charge in [0.15, 0.2) is 0 Å². The topological polar surface area (TPSA) is 40.5 Å². The summed E-state index contributed by atoms with van der Waals surface area (Å²) in [6.07, 6.45) is 14.2. The highest BCUT2D eigenvalue weighted by atomic mass is 16.8. The standard InChI is InChI=1S/C15H34NO2/c1-3-5-6-7-8-9-10-11-12-13-14-15-16(17,18)4-2/h17-18H,3-15H2,1-2H3/q+1. The molecule has 2 N–H and O–H groups in total. The molecule has 0 aliphatic carbocycles. The molecule has 18 heavy (non-hydrogen) atoms. The fraction of sp³-hybridized carbons (Fsp3) is 1.00. The maximum Gasteiger partial charge on any atom is 0.142 e. The molecule has 0 aromatic rings. The second-order valence-electron chi connectivity index (χ2n) is 5.45. The molecule has 3 heteroatoms. The first-order chi connectivity index (χ1) is 8.62. The van der Waals surface area contributed by atoms with E-state index in [0.717, 1.165) is 12.8 Å². The average molecular weight is 260 g/mol. The summed E-state index contributed by atoms with van der Waals surface area (Å²) in [5.41, 5.74) is 0. The molecule has 0 heterocycles. The van der Waals surface area contributed by atoms with Crippen LogP contribution in [-0.2, 0) is 0 Å². The summed E-state index contributed by atoms with van der Waals surface area (Å²) < 4.78 is 0. The van der Waals surface area contributed by atoms with Gasteiger partial charge in [0.25, 0.3) is 0 Å². The molecule has 0 fully saturated rings. The second-order valence-corrected chi connectivity index (χ2v) is 5.45. The van der Waals surface area contributed by atoms with Crippen LogP contribution in [0.1, 0.15) is 84.5 Å². The smallest absolute Gasteiger partial charge is 0.142 e. The van der Waals surface area contributed by atoms with Gasteiger partial charge in [-0.15, -0.1) is 0 Å². The van der Waals surface area contributed by atoms with Gasteiger partial charge in [-0.1, -0.05) is 64.7 Å². The lowest BCUT2D eigenvalue weighted by Crippen LogP contribution is -2.41. The fourth-order valence-corrected chi connectivity index (χ4v) is 2.19. The highest BCUT2D eigenvalue weighted by molar-refractivity contribution is 4.47. The quantitative estimate of drug-likeness (QED) is 0.280. The van der Waals surface area contributed by atoms with Crippen molar-refractivity contribution in [1.82, 2.24) is 0 Å². The molecule has 0 radical (unpaired) electrons. The lowest BCUT2D eigenvalue weighted by atomic mass is 10.1. The van der Waals surface area contributed by atoms with Crippen LogP contribution in [-0.4, -0.2) is 28.3 Å². The Labute approximate surface area is 113 Å². The van der Waals surface area contributed by atoms with Crippen molar-refractivity contribution in [2.45, 2.75) is 84.5 Å². The highest BCUT2D eigenvalue weighted by Crippen LogP contribution is 2.11. The van der Waals surface area contributed by atoms with Gasteiger partial charge in [-0.25, -0.2) is 0 Å². The van der Waals surface area contributed by atoms with E-state index in [9.17, 15) is 10.4 Å². The third kappa shape index (κ3) is 12.3. The van der Waals surface area contributed by atoms with E-state index in [0.29, 0.717) is 13.1 Å². The molecule has 0 saturated carbocycles. The van der Waals surface area contributed by atoms with Crippen LogP contribution in [0, 0.1) is 0 Å². The molecule has 0 spiro atoms. The molecule has 0 amide bonds. The molecule has 0 aromatic carbocycles. The first kappa shape index (κ1) is 17.9. The lowest BCUT2D eigenvalue weighted by Gasteiger charge is -2.18. The van der Waals surface area contributed by atoms with E-state index in [1.807, 2.05) is 0 Å². The van der Waals surface area contributed by atoms with Gasteiger partial charge in [-0.05, 0) is 18.2 Å². The van der Waals surface area contributed by atoms with E-state index in [2.05, 4.69) is 6.92 Å². The summed E-state index contributed by atoms with van der Waals surface area (Å²) >= 11 is 0. The van der Waals surface area contributed by atoms with Crippen LogP contribution in [0.3, 0.4) is 0 Å². The zero-order valence-corrected chi connectivity index (χ0v) is 12.5. The van der Waals surface area contributed by atoms with E-state index in [1.54, 1.807) is 6.92 Å². The van der Waals surface area contributed by atoms with Crippen molar-refractivity contribution in [2.24, 2.45) is 0 Å². The maximum absolute atomic E-state index is 9.36. The first-order valence-corrected chi connectivity index (χ1v) is 7.95. The lowest BCUT2D eigenvalue weighted by molar-refractivity contribution is -1.24. The van der Waals surface area contributed by atoms with E-state index < -0.39 is 4.81 Å². The first-order valence-electron chi connectivity index (χ1n) is 7.95. The predicted octanol–water partition coefficient (Wildman–Crippen LogP) is 4.91. The number of nitrogens with zero attached hydrogens (tertiary/aromatic N) is 1. The third-order valence-electron chi connectivity index (χ3n) is 3.63. The fourth-order valence-electron chi connectivity index (χ4n) is 2.19. The van der Waals surface area contributed by atoms with Crippen LogP contribution in [0.25, 0.3) is 0 Å². The Hall–Kier alpha value is -0.120. The molecule has 0 unspecified atom stereocenters. The van der Waals surface area contributed by atoms with Gasteiger partial charge >= 0.3 is 0 Å². The number of quaternary nitrogens is 1. The van der Waals surface area contributed by atoms with Crippen LogP contribution < -0.4 is 0 Å². The predicted molar refractivity (Wildman–Crippen MR) is 75.7 cm³/mol. The van der Waals surface area contributed by atoms with Crippen molar-refractivity contribution in [2.75, 3.05) is 13.1 Å². The van der Waals surface area contributed by atoms with E-state index in [4.69, 9.17) is 0 Å². The largest absolute Gasteiger partial charge is 0.182 e. The Balaban J connectivity index is 3.08. The zero-order valence-electron chi connectivity index (χ0n) is 12.5. The number of rotatable bonds is 13. The van der Waals surface area contributed by atoms with Crippen LogP contribution in [0.2, 0.25) is 0 Å². The molecular weight excluding hydrogens is 226 g/mol. The van der Waals surface area contributed by atoms with Crippen LogP contribution >= 0.6 is 0 Å². The van der Waals surface area contributed by atoms with E-state index in [-0.39, 0.29) is 0 Å². The summed E-state index contributed by atoms with van der Waals surface area (Å²) in [4.78, 5) is -0.808. The molecular formula is C15H34NO2+. The minimum atomic E-state index is -0.808. The Kier molecular flexibility index (Phi) is 11.9. The van der Waals surface area contributed by atoms with Crippen LogP contribution in [0.15, 0.2) is 0 Å². The van der Waals surface area contributed by atoms with Gasteiger partial charge in [0.05, 0.1) is 0 Å². The number of hydrogen-bond donors (Lipinski definition) is 2. The van der Waals surface area contributed by atoms with Gasteiger partial charge in [-0.2, -0.15) is 10.4 Å². The normalized spacial score (nSPS) is 12.0. The molecule has 0 rings (SSSR count). The molecule has 0 aliphatic heterocycles.